The molecule has 2 heteroatoms. The van der Waals surface area contributed by atoms with E-state index in [2.05, 4.69) is 105 Å². The van der Waals surface area contributed by atoms with E-state index < -0.39 is 6.60 Å². The fraction of sp³-hybridized carbons (Fsp3) is 0.333. The van der Waals surface area contributed by atoms with Crippen molar-refractivity contribution < 1.29 is 4.74 Å². The minimum absolute atomic E-state index is 0.821. The fourth-order valence-corrected chi connectivity index (χ4v) is 10.2. The molecule has 0 bridgehead atoms. The van der Waals surface area contributed by atoms with E-state index in [1.165, 1.54) is 41.3 Å². The molecule has 0 heterocycles. The molecule has 154 valence electrons. The van der Waals surface area contributed by atoms with Crippen LogP contribution in [0.5, 0.6) is 0 Å². The third kappa shape index (κ3) is 4.63. The van der Waals surface area contributed by atoms with Gasteiger partial charge in [0.05, 0.1) is 0 Å². The zero-order chi connectivity index (χ0) is 20.4. The van der Waals surface area contributed by atoms with Crippen molar-refractivity contribution in [3.05, 3.63) is 91.0 Å². The van der Waals surface area contributed by atoms with Crippen LogP contribution in [0.3, 0.4) is 0 Å². The van der Waals surface area contributed by atoms with E-state index in [9.17, 15) is 0 Å². The van der Waals surface area contributed by atoms with Crippen LogP contribution in [-0.4, -0.2) is 26.0 Å². The quantitative estimate of drug-likeness (QED) is 0.291. The number of ether oxygens (including phenoxy) is 1. The van der Waals surface area contributed by atoms with Crippen LogP contribution < -0.4 is 15.9 Å². The summed E-state index contributed by atoms with van der Waals surface area (Å²) in [7, 11) is 0. The predicted octanol–water partition coefficient (Wildman–Crippen LogP) is 5.74. The van der Waals surface area contributed by atoms with E-state index in [0.717, 1.165) is 19.6 Å². The molecule has 0 saturated carbocycles. The van der Waals surface area contributed by atoms with Gasteiger partial charge in [0.15, 0.2) is 0 Å². The zero-order valence-corrected chi connectivity index (χ0v) is 18.9. The number of hydrogen-bond donors (Lipinski definition) is 0. The van der Waals surface area contributed by atoms with Gasteiger partial charge >= 0.3 is 177 Å². The molecule has 29 heavy (non-hydrogen) atoms. The summed E-state index contributed by atoms with van der Waals surface area (Å²) in [5, 5.41) is 4.47. The van der Waals surface area contributed by atoms with E-state index in [1.54, 1.807) is 0 Å². The van der Waals surface area contributed by atoms with Gasteiger partial charge in [-0.25, -0.2) is 0 Å². The second-order valence-electron chi connectivity index (χ2n) is 8.14. The fourth-order valence-electron chi connectivity index (χ4n) is 4.54. The Bertz CT molecular complexity index is 746. The Hall–Kier alpha value is -1.95. The summed E-state index contributed by atoms with van der Waals surface area (Å²) in [6.07, 6.45) is 6.10. The first-order valence-electron chi connectivity index (χ1n) is 11.0. The molecular formula is C27H35OP. The summed E-state index contributed by atoms with van der Waals surface area (Å²) in [6, 6.07) is 33.7. The average Bonchev–Trinajstić information content (AvgIpc) is 2.80. The normalized spacial score (nSPS) is 13.0. The Morgan fingerprint density at radius 1 is 0.586 bits per heavy atom. The molecule has 0 amide bonds. The van der Waals surface area contributed by atoms with Crippen LogP contribution >= 0.6 is 6.60 Å². The molecule has 0 saturated heterocycles. The molecule has 0 aliphatic heterocycles. The van der Waals surface area contributed by atoms with Gasteiger partial charge in [-0.15, -0.1) is 0 Å². The van der Waals surface area contributed by atoms with Crippen molar-refractivity contribution in [3.8, 4) is 0 Å². The molecule has 0 radical (unpaired) electrons. The number of hydrogen-bond acceptors (Lipinski definition) is 1. The molecule has 0 atom stereocenters. The van der Waals surface area contributed by atoms with Crippen molar-refractivity contribution in [2.24, 2.45) is 0 Å². The number of rotatable bonds is 11. The summed E-state index contributed by atoms with van der Waals surface area (Å²) < 4.78 is 5.52. The Morgan fingerprint density at radius 2 is 1.00 bits per heavy atom. The number of benzene rings is 3. The van der Waals surface area contributed by atoms with Crippen molar-refractivity contribution >= 4 is 22.5 Å². The molecule has 0 aliphatic carbocycles. The van der Waals surface area contributed by atoms with Gasteiger partial charge in [0.2, 0.25) is 0 Å². The Morgan fingerprint density at radius 3 is 1.41 bits per heavy atom. The first kappa shape index (κ1) is 21.8. The van der Waals surface area contributed by atoms with Crippen molar-refractivity contribution in [3.63, 3.8) is 0 Å². The van der Waals surface area contributed by atoms with Crippen molar-refractivity contribution in [1.29, 1.82) is 0 Å². The van der Waals surface area contributed by atoms with Crippen LogP contribution in [0.25, 0.3) is 0 Å². The van der Waals surface area contributed by atoms with E-state index in [1.807, 2.05) is 0 Å². The van der Waals surface area contributed by atoms with Gasteiger partial charge < -0.3 is 0 Å². The zero-order valence-electron chi connectivity index (χ0n) is 18.0. The van der Waals surface area contributed by atoms with Gasteiger partial charge in [-0.3, -0.25) is 0 Å². The first-order chi connectivity index (χ1) is 14.2. The second kappa shape index (κ2) is 10.2. The standard InChI is InChI=1S/C27H35OP/c1-3-28-23-15-4-5-16-24-29(2,25-17-9-6-10-18-25,26-19-11-7-12-20-26)27-21-13-8-14-22-27/h6-14,17-22H,3-5,15-16,23-24H2,1-2H3. The summed E-state index contributed by atoms with van der Waals surface area (Å²) >= 11 is 0. The summed E-state index contributed by atoms with van der Waals surface area (Å²) in [5.74, 6) is 0. The Labute approximate surface area is 177 Å². The molecule has 0 aliphatic rings. The van der Waals surface area contributed by atoms with Gasteiger partial charge in [0.25, 0.3) is 0 Å². The van der Waals surface area contributed by atoms with Crippen LogP contribution in [0.15, 0.2) is 91.0 Å². The van der Waals surface area contributed by atoms with Crippen molar-refractivity contribution in [1.82, 2.24) is 0 Å². The van der Waals surface area contributed by atoms with E-state index >= 15 is 0 Å². The van der Waals surface area contributed by atoms with Gasteiger partial charge in [-0.05, 0) is 0 Å². The molecule has 0 aromatic heterocycles. The molecule has 0 fully saturated rings. The van der Waals surface area contributed by atoms with Crippen LogP contribution in [-0.2, 0) is 4.74 Å². The van der Waals surface area contributed by atoms with Crippen LogP contribution in [0.1, 0.15) is 32.6 Å². The maximum absolute atomic E-state index is 5.52. The Kier molecular flexibility index (Phi) is 7.64. The van der Waals surface area contributed by atoms with Crippen molar-refractivity contribution in [2.75, 3.05) is 26.0 Å². The van der Waals surface area contributed by atoms with Crippen molar-refractivity contribution in [2.45, 2.75) is 32.6 Å². The molecule has 0 N–H and O–H groups in total. The molecule has 1 nitrogen and oxygen atoms in total. The van der Waals surface area contributed by atoms with E-state index in [0.29, 0.717) is 0 Å². The molecule has 0 unspecified atom stereocenters. The predicted molar refractivity (Wildman–Crippen MR) is 131 cm³/mol. The average molecular weight is 407 g/mol. The molecular weight excluding hydrogens is 371 g/mol. The van der Waals surface area contributed by atoms with Gasteiger partial charge in [0, 0.05) is 0 Å². The SMILES string of the molecule is CCOCCCCCCP(C)(c1ccccc1)(c1ccccc1)c1ccccc1. The van der Waals surface area contributed by atoms with Crippen LogP contribution in [0.2, 0.25) is 0 Å². The van der Waals surface area contributed by atoms with Gasteiger partial charge in [0.1, 0.15) is 0 Å². The molecule has 3 aromatic carbocycles. The summed E-state index contributed by atoms with van der Waals surface area (Å²) in [6.45, 7) is 3.81. The molecule has 0 spiro atoms. The third-order valence-corrected chi connectivity index (χ3v) is 12.8. The Balaban J connectivity index is 2.00. The topological polar surface area (TPSA) is 9.23 Å². The molecule has 3 rings (SSSR count). The van der Waals surface area contributed by atoms with Gasteiger partial charge in [-0.2, -0.15) is 0 Å². The summed E-state index contributed by atoms with van der Waals surface area (Å²) in [4.78, 5) is 0. The summed E-state index contributed by atoms with van der Waals surface area (Å²) in [5.41, 5.74) is 0. The van der Waals surface area contributed by atoms with Crippen LogP contribution in [0.4, 0.5) is 0 Å². The first-order valence-corrected chi connectivity index (χ1v) is 13.8. The van der Waals surface area contributed by atoms with E-state index in [-0.39, 0.29) is 0 Å². The maximum atomic E-state index is 5.52. The van der Waals surface area contributed by atoms with Gasteiger partial charge in [-0.1, -0.05) is 0 Å². The third-order valence-electron chi connectivity index (χ3n) is 6.33. The monoisotopic (exact) mass is 406 g/mol. The minimum atomic E-state index is -2.54. The molecule has 3 aromatic rings. The number of unbranched alkanes of at least 4 members (excludes halogenated alkanes) is 3. The van der Waals surface area contributed by atoms with E-state index in [4.69, 9.17) is 4.74 Å². The van der Waals surface area contributed by atoms with Crippen LogP contribution in [0, 0.1) is 0 Å². The second-order valence-corrected chi connectivity index (χ2v) is 13.7.